The molecule has 2 rings (SSSR count). The van der Waals surface area contributed by atoms with Gasteiger partial charge in [-0.05, 0) is 37.1 Å². The van der Waals surface area contributed by atoms with Crippen LogP contribution in [-0.2, 0) is 11.3 Å². The first kappa shape index (κ1) is 16.5. The summed E-state index contributed by atoms with van der Waals surface area (Å²) in [5, 5.41) is 3.29. The van der Waals surface area contributed by atoms with Gasteiger partial charge in [-0.1, -0.05) is 28.1 Å². The lowest BCUT2D eigenvalue weighted by Gasteiger charge is -2.27. The Labute approximate surface area is 129 Å². The summed E-state index contributed by atoms with van der Waals surface area (Å²) in [5.41, 5.74) is 1.16. The molecule has 1 aromatic carbocycles. The van der Waals surface area contributed by atoms with Crippen molar-refractivity contribution < 1.29 is 4.79 Å². The summed E-state index contributed by atoms with van der Waals surface area (Å²) in [5.74, 6) is 0.401. The normalized spacial score (nSPS) is 18.5. The molecule has 1 aromatic rings. The molecule has 0 aliphatic carbocycles. The van der Waals surface area contributed by atoms with Gasteiger partial charge in [-0.3, -0.25) is 4.79 Å². The number of carbonyl (C=O) groups is 1. The number of hydrogen-bond donors (Lipinski definition) is 1. The van der Waals surface area contributed by atoms with E-state index in [9.17, 15) is 4.79 Å². The van der Waals surface area contributed by atoms with Gasteiger partial charge in [0.1, 0.15) is 0 Å². The minimum atomic E-state index is 0. The fourth-order valence-electron chi connectivity index (χ4n) is 2.36. The molecule has 1 atom stereocenters. The van der Waals surface area contributed by atoms with Crippen LogP contribution >= 0.6 is 28.3 Å². The van der Waals surface area contributed by atoms with Gasteiger partial charge in [-0.25, -0.2) is 0 Å². The maximum atomic E-state index is 12.3. The highest BCUT2D eigenvalue weighted by molar-refractivity contribution is 9.10. The Bertz CT molecular complexity index is 422. The Hall–Kier alpha value is -0.580. The van der Waals surface area contributed by atoms with Crippen molar-refractivity contribution in [1.29, 1.82) is 0 Å². The van der Waals surface area contributed by atoms with Gasteiger partial charge in [0, 0.05) is 24.6 Å². The van der Waals surface area contributed by atoms with Gasteiger partial charge in [0.05, 0.1) is 5.92 Å². The van der Waals surface area contributed by atoms with Crippen LogP contribution in [0.4, 0.5) is 0 Å². The molecule has 19 heavy (non-hydrogen) atoms. The molecule has 0 bridgehead atoms. The number of piperidine rings is 1. The third-order valence-corrected chi connectivity index (χ3v) is 3.82. The summed E-state index contributed by atoms with van der Waals surface area (Å²) in [7, 11) is 1.89. The van der Waals surface area contributed by atoms with Crippen molar-refractivity contribution >= 4 is 34.2 Å². The Kier molecular flexibility index (Phi) is 6.83. The maximum Gasteiger partial charge on any atom is 0.227 e. The van der Waals surface area contributed by atoms with E-state index in [1.54, 1.807) is 0 Å². The molecule has 5 heteroatoms. The summed E-state index contributed by atoms with van der Waals surface area (Å²) >= 11 is 3.45. The van der Waals surface area contributed by atoms with E-state index < -0.39 is 0 Å². The lowest BCUT2D eigenvalue weighted by molar-refractivity contribution is -0.135. The van der Waals surface area contributed by atoms with Crippen LogP contribution in [0.15, 0.2) is 28.7 Å². The molecule has 1 saturated heterocycles. The average Bonchev–Trinajstić information content (AvgIpc) is 2.39. The zero-order chi connectivity index (χ0) is 13.0. The van der Waals surface area contributed by atoms with Crippen molar-refractivity contribution in [3.8, 4) is 0 Å². The van der Waals surface area contributed by atoms with Crippen molar-refractivity contribution in [2.45, 2.75) is 19.4 Å². The fourth-order valence-corrected chi connectivity index (χ4v) is 2.81. The van der Waals surface area contributed by atoms with Crippen LogP contribution in [0.2, 0.25) is 0 Å². The molecule has 1 amide bonds. The van der Waals surface area contributed by atoms with Crippen LogP contribution in [0, 0.1) is 5.92 Å². The van der Waals surface area contributed by atoms with Gasteiger partial charge < -0.3 is 10.2 Å². The summed E-state index contributed by atoms with van der Waals surface area (Å²) in [6, 6.07) is 8.10. The van der Waals surface area contributed by atoms with Crippen molar-refractivity contribution in [3.05, 3.63) is 34.3 Å². The summed E-state index contributed by atoms with van der Waals surface area (Å²) < 4.78 is 1.06. The van der Waals surface area contributed by atoms with E-state index in [2.05, 4.69) is 27.3 Å². The minimum Gasteiger partial charge on any atom is -0.341 e. The first-order valence-corrected chi connectivity index (χ1v) is 7.16. The standard InChI is InChI=1S/C14H19BrN2O.ClH/c1-17(10-11-4-2-6-13(15)8-11)14(18)12-5-3-7-16-9-12;/h2,4,6,8,12,16H,3,5,7,9-10H2,1H3;1H. The van der Waals surface area contributed by atoms with E-state index in [0.717, 1.165) is 36.0 Å². The smallest absolute Gasteiger partial charge is 0.227 e. The van der Waals surface area contributed by atoms with Crippen LogP contribution < -0.4 is 5.32 Å². The third kappa shape index (κ3) is 4.79. The lowest BCUT2D eigenvalue weighted by Crippen LogP contribution is -2.41. The largest absolute Gasteiger partial charge is 0.341 e. The molecule has 1 N–H and O–H groups in total. The van der Waals surface area contributed by atoms with Gasteiger partial charge in [0.2, 0.25) is 5.91 Å². The number of nitrogens with zero attached hydrogens (tertiary/aromatic N) is 1. The van der Waals surface area contributed by atoms with Crippen molar-refractivity contribution in [1.82, 2.24) is 10.2 Å². The van der Waals surface area contributed by atoms with Crippen molar-refractivity contribution in [3.63, 3.8) is 0 Å². The Morgan fingerprint density at radius 3 is 2.95 bits per heavy atom. The fraction of sp³-hybridized carbons (Fsp3) is 0.500. The van der Waals surface area contributed by atoms with E-state index >= 15 is 0 Å². The molecule has 1 aliphatic heterocycles. The maximum absolute atomic E-state index is 12.3. The number of halogens is 2. The number of rotatable bonds is 3. The van der Waals surface area contributed by atoms with Gasteiger partial charge in [-0.2, -0.15) is 0 Å². The monoisotopic (exact) mass is 346 g/mol. The topological polar surface area (TPSA) is 32.3 Å². The van der Waals surface area contributed by atoms with E-state index in [0.29, 0.717) is 6.54 Å². The molecular weight excluding hydrogens is 328 g/mol. The highest BCUT2D eigenvalue weighted by Crippen LogP contribution is 2.16. The van der Waals surface area contributed by atoms with Crippen LogP contribution in [0.5, 0.6) is 0 Å². The van der Waals surface area contributed by atoms with Crippen molar-refractivity contribution in [2.75, 3.05) is 20.1 Å². The molecule has 1 unspecified atom stereocenters. The summed E-state index contributed by atoms with van der Waals surface area (Å²) in [4.78, 5) is 14.1. The minimum absolute atomic E-state index is 0. The molecule has 1 heterocycles. The second kappa shape index (κ2) is 7.88. The first-order chi connectivity index (χ1) is 8.66. The number of hydrogen-bond acceptors (Lipinski definition) is 2. The first-order valence-electron chi connectivity index (χ1n) is 6.37. The molecule has 0 radical (unpaired) electrons. The summed E-state index contributed by atoms with van der Waals surface area (Å²) in [6.45, 7) is 2.54. The van der Waals surface area contributed by atoms with Crippen LogP contribution in [0.25, 0.3) is 0 Å². The van der Waals surface area contributed by atoms with E-state index in [1.807, 2.05) is 30.1 Å². The van der Waals surface area contributed by atoms with Gasteiger partial charge in [0.25, 0.3) is 0 Å². The zero-order valence-electron chi connectivity index (χ0n) is 11.1. The molecular formula is C14H20BrClN2O. The Balaban J connectivity index is 0.00000180. The molecule has 106 valence electrons. The number of amides is 1. The SMILES string of the molecule is CN(Cc1cccc(Br)c1)C(=O)C1CCCNC1.Cl. The predicted molar refractivity (Wildman–Crippen MR) is 83.5 cm³/mol. The number of carbonyl (C=O) groups excluding carboxylic acids is 1. The zero-order valence-corrected chi connectivity index (χ0v) is 13.5. The van der Waals surface area contributed by atoms with Gasteiger partial charge in [-0.15, -0.1) is 12.4 Å². The van der Waals surface area contributed by atoms with Crippen molar-refractivity contribution in [2.24, 2.45) is 5.92 Å². The third-order valence-electron chi connectivity index (χ3n) is 3.33. The molecule has 0 spiro atoms. The Morgan fingerprint density at radius 2 is 2.32 bits per heavy atom. The van der Waals surface area contributed by atoms with E-state index in [1.165, 1.54) is 0 Å². The molecule has 0 aromatic heterocycles. The quantitative estimate of drug-likeness (QED) is 0.912. The van der Waals surface area contributed by atoms with E-state index in [4.69, 9.17) is 0 Å². The molecule has 1 aliphatic rings. The molecule has 3 nitrogen and oxygen atoms in total. The predicted octanol–water partition coefficient (Wildman–Crippen LogP) is 2.83. The molecule has 0 saturated carbocycles. The second-order valence-corrected chi connectivity index (χ2v) is 5.78. The number of benzene rings is 1. The highest BCUT2D eigenvalue weighted by atomic mass is 79.9. The average molecular weight is 348 g/mol. The van der Waals surface area contributed by atoms with Crippen LogP contribution in [0.3, 0.4) is 0 Å². The van der Waals surface area contributed by atoms with E-state index in [-0.39, 0.29) is 24.2 Å². The Morgan fingerprint density at radius 1 is 1.53 bits per heavy atom. The van der Waals surface area contributed by atoms with Gasteiger partial charge >= 0.3 is 0 Å². The summed E-state index contributed by atoms with van der Waals surface area (Å²) in [6.07, 6.45) is 2.11. The van der Waals surface area contributed by atoms with Crippen LogP contribution in [0.1, 0.15) is 18.4 Å². The highest BCUT2D eigenvalue weighted by Gasteiger charge is 2.23. The molecule has 1 fully saturated rings. The van der Waals surface area contributed by atoms with Crippen LogP contribution in [-0.4, -0.2) is 30.9 Å². The second-order valence-electron chi connectivity index (χ2n) is 4.87. The number of nitrogens with one attached hydrogen (secondary N) is 1. The lowest BCUT2D eigenvalue weighted by atomic mass is 9.98. The van der Waals surface area contributed by atoms with Gasteiger partial charge in [0.15, 0.2) is 0 Å².